The zero-order chi connectivity index (χ0) is 13.2. The fraction of sp³-hybridized carbons (Fsp3) is 0.375. The summed E-state index contributed by atoms with van der Waals surface area (Å²) in [5.41, 5.74) is 3.03. The van der Waals surface area contributed by atoms with Crippen molar-refractivity contribution in [2.24, 2.45) is 5.92 Å². The third kappa shape index (κ3) is 2.58. The van der Waals surface area contributed by atoms with Crippen molar-refractivity contribution in [1.82, 2.24) is 5.32 Å². The molecule has 1 aromatic carbocycles. The van der Waals surface area contributed by atoms with Gasteiger partial charge in [-0.05, 0) is 54.8 Å². The number of benzene rings is 1. The second-order valence-electron chi connectivity index (χ2n) is 5.17. The second-order valence-corrected chi connectivity index (χ2v) is 6.53. The summed E-state index contributed by atoms with van der Waals surface area (Å²) in [7, 11) is 2.04. The smallest absolute Gasteiger partial charge is 0.0561 e. The lowest BCUT2D eigenvalue weighted by Gasteiger charge is -2.31. The SMILES string of the molecule is CNC(c1sccc1Cl)C1CCc2ccccc2C1. The van der Waals surface area contributed by atoms with Crippen LogP contribution in [0.5, 0.6) is 0 Å². The molecule has 100 valence electrons. The van der Waals surface area contributed by atoms with Crippen LogP contribution in [0.3, 0.4) is 0 Å². The summed E-state index contributed by atoms with van der Waals surface area (Å²) in [6.07, 6.45) is 3.56. The monoisotopic (exact) mass is 291 g/mol. The average molecular weight is 292 g/mol. The lowest BCUT2D eigenvalue weighted by atomic mass is 9.79. The van der Waals surface area contributed by atoms with E-state index in [1.807, 2.05) is 13.1 Å². The van der Waals surface area contributed by atoms with Crippen LogP contribution >= 0.6 is 22.9 Å². The van der Waals surface area contributed by atoms with E-state index in [0.717, 1.165) is 11.4 Å². The van der Waals surface area contributed by atoms with E-state index in [2.05, 4.69) is 35.0 Å². The van der Waals surface area contributed by atoms with Gasteiger partial charge < -0.3 is 5.32 Å². The Hall–Kier alpha value is -0.830. The van der Waals surface area contributed by atoms with Crippen molar-refractivity contribution >= 4 is 22.9 Å². The van der Waals surface area contributed by atoms with Crippen molar-refractivity contribution < 1.29 is 0 Å². The Morgan fingerprint density at radius 1 is 1.26 bits per heavy atom. The number of hydrogen-bond donors (Lipinski definition) is 1. The predicted molar refractivity (Wildman–Crippen MR) is 83.1 cm³/mol. The zero-order valence-electron chi connectivity index (χ0n) is 11.0. The van der Waals surface area contributed by atoms with E-state index in [0.29, 0.717) is 12.0 Å². The van der Waals surface area contributed by atoms with Crippen LogP contribution in [0.25, 0.3) is 0 Å². The van der Waals surface area contributed by atoms with Crippen molar-refractivity contribution in [3.8, 4) is 0 Å². The molecular weight excluding hydrogens is 274 g/mol. The highest BCUT2D eigenvalue weighted by molar-refractivity contribution is 7.10. The van der Waals surface area contributed by atoms with Gasteiger partial charge in [0.2, 0.25) is 0 Å². The van der Waals surface area contributed by atoms with Crippen molar-refractivity contribution in [1.29, 1.82) is 0 Å². The van der Waals surface area contributed by atoms with Crippen LogP contribution in [-0.4, -0.2) is 7.05 Å². The van der Waals surface area contributed by atoms with Gasteiger partial charge in [-0.1, -0.05) is 35.9 Å². The Kier molecular flexibility index (Phi) is 3.92. The molecule has 0 amide bonds. The first-order valence-electron chi connectivity index (χ1n) is 6.76. The molecule has 0 bridgehead atoms. The van der Waals surface area contributed by atoms with Crippen LogP contribution in [-0.2, 0) is 12.8 Å². The maximum absolute atomic E-state index is 6.30. The van der Waals surface area contributed by atoms with Crippen LogP contribution < -0.4 is 5.32 Å². The predicted octanol–water partition coefficient (Wildman–Crippen LogP) is 4.47. The fourth-order valence-electron chi connectivity index (χ4n) is 3.12. The van der Waals surface area contributed by atoms with Crippen molar-refractivity contribution in [2.75, 3.05) is 7.05 Å². The van der Waals surface area contributed by atoms with E-state index in [9.17, 15) is 0 Å². The van der Waals surface area contributed by atoms with E-state index < -0.39 is 0 Å². The van der Waals surface area contributed by atoms with Gasteiger partial charge in [0.05, 0.1) is 5.02 Å². The van der Waals surface area contributed by atoms with Gasteiger partial charge in [0.25, 0.3) is 0 Å². The van der Waals surface area contributed by atoms with Crippen molar-refractivity contribution in [3.05, 3.63) is 56.7 Å². The summed E-state index contributed by atoms with van der Waals surface area (Å²) >= 11 is 8.07. The maximum Gasteiger partial charge on any atom is 0.0561 e. The molecule has 1 aromatic heterocycles. The molecule has 1 nitrogen and oxygen atoms in total. The Morgan fingerprint density at radius 2 is 2.05 bits per heavy atom. The largest absolute Gasteiger partial charge is 0.312 e. The molecule has 3 heteroatoms. The fourth-order valence-corrected chi connectivity index (χ4v) is 4.50. The minimum absolute atomic E-state index is 0.376. The highest BCUT2D eigenvalue weighted by Gasteiger charge is 2.28. The van der Waals surface area contributed by atoms with Gasteiger partial charge in [-0.3, -0.25) is 0 Å². The number of hydrogen-bond acceptors (Lipinski definition) is 2. The molecule has 2 unspecified atom stereocenters. The average Bonchev–Trinajstić information content (AvgIpc) is 2.86. The molecule has 1 N–H and O–H groups in total. The van der Waals surface area contributed by atoms with Crippen LogP contribution in [0.1, 0.15) is 28.5 Å². The Labute approximate surface area is 123 Å². The Balaban J connectivity index is 1.85. The first-order valence-corrected chi connectivity index (χ1v) is 8.02. The molecule has 0 spiro atoms. The van der Waals surface area contributed by atoms with Gasteiger partial charge in [-0.15, -0.1) is 11.3 Å². The Morgan fingerprint density at radius 3 is 2.74 bits per heavy atom. The Bertz CT molecular complexity index is 563. The van der Waals surface area contributed by atoms with Crippen LogP contribution in [0, 0.1) is 5.92 Å². The molecule has 2 atom stereocenters. The van der Waals surface area contributed by atoms with Gasteiger partial charge in [-0.2, -0.15) is 0 Å². The van der Waals surface area contributed by atoms with E-state index >= 15 is 0 Å². The van der Waals surface area contributed by atoms with E-state index in [4.69, 9.17) is 11.6 Å². The van der Waals surface area contributed by atoms with Crippen LogP contribution in [0.2, 0.25) is 5.02 Å². The normalized spacial score (nSPS) is 20.0. The number of rotatable bonds is 3. The molecule has 0 saturated carbocycles. The minimum atomic E-state index is 0.376. The summed E-state index contributed by atoms with van der Waals surface area (Å²) in [5, 5.41) is 6.46. The van der Waals surface area contributed by atoms with E-state index in [-0.39, 0.29) is 0 Å². The summed E-state index contributed by atoms with van der Waals surface area (Å²) in [4.78, 5) is 1.29. The summed E-state index contributed by atoms with van der Waals surface area (Å²) in [5.74, 6) is 0.635. The van der Waals surface area contributed by atoms with Gasteiger partial charge >= 0.3 is 0 Å². The first-order chi connectivity index (χ1) is 9.29. The highest BCUT2D eigenvalue weighted by Crippen LogP contribution is 2.38. The number of halogens is 1. The molecule has 0 fully saturated rings. The highest BCUT2D eigenvalue weighted by atomic mass is 35.5. The lowest BCUT2D eigenvalue weighted by Crippen LogP contribution is -2.29. The topological polar surface area (TPSA) is 12.0 Å². The number of nitrogens with one attached hydrogen (secondary N) is 1. The van der Waals surface area contributed by atoms with Gasteiger partial charge in [0.1, 0.15) is 0 Å². The molecule has 0 saturated heterocycles. The lowest BCUT2D eigenvalue weighted by molar-refractivity contribution is 0.346. The second kappa shape index (κ2) is 5.66. The molecule has 1 aliphatic carbocycles. The summed E-state index contributed by atoms with van der Waals surface area (Å²) in [6.45, 7) is 0. The van der Waals surface area contributed by atoms with E-state index in [1.165, 1.54) is 28.8 Å². The number of thiophene rings is 1. The number of aryl methyl sites for hydroxylation is 1. The zero-order valence-corrected chi connectivity index (χ0v) is 12.6. The summed E-state index contributed by atoms with van der Waals surface area (Å²) < 4.78 is 0. The molecule has 1 aliphatic rings. The molecule has 2 aromatic rings. The number of fused-ring (bicyclic) bond motifs is 1. The third-order valence-corrected chi connectivity index (χ3v) is 5.54. The standard InChI is InChI=1S/C16H18ClNS/c1-18-15(16-14(17)8-9-19-16)13-7-6-11-4-2-3-5-12(11)10-13/h2-5,8-9,13,15,18H,6-7,10H2,1H3. The summed E-state index contributed by atoms with van der Waals surface area (Å²) in [6, 6.07) is 11.2. The van der Waals surface area contributed by atoms with Crippen LogP contribution in [0.4, 0.5) is 0 Å². The van der Waals surface area contributed by atoms with E-state index in [1.54, 1.807) is 11.3 Å². The van der Waals surface area contributed by atoms with Crippen molar-refractivity contribution in [2.45, 2.75) is 25.3 Å². The molecule has 1 heterocycles. The molecule has 3 rings (SSSR count). The van der Waals surface area contributed by atoms with Gasteiger partial charge in [-0.25, -0.2) is 0 Å². The van der Waals surface area contributed by atoms with Gasteiger partial charge in [0.15, 0.2) is 0 Å². The first kappa shape index (κ1) is 13.2. The molecule has 19 heavy (non-hydrogen) atoms. The van der Waals surface area contributed by atoms with Gasteiger partial charge in [0, 0.05) is 10.9 Å². The van der Waals surface area contributed by atoms with Crippen molar-refractivity contribution in [3.63, 3.8) is 0 Å². The molecular formula is C16H18ClNS. The third-order valence-electron chi connectivity index (χ3n) is 4.09. The van der Waals surface area contributed by atoms with Crippen LogP contribution in [0.15, 0.2) is 35.7 Å². The molecule has 0 aliphatic heterocycles. The molecule has 0 radical (unpaired) electrons. The minimum Gasteiger partial charge on any atom is -0.312 e. The maximum atomic E-state index is 6.30. The quantitative estimate of drug-likeness (QED) is 0.880.